The van der Waals surface area contributed by atoms with Gasteiger partial charge in [-0.2, -0.15) is 5.10 Å². The molecule has 1 aliphatic rings. The number of hydrogen-bond donors (Lipinski definition) is 2. The zero-order valence-electron chi connectivity index (χ0n) is 14.8. The predicted molar refractivity (Wildman–Crippen MR) is 106 cm³/mol. The number of benzene rings is 1. The van der Waals surface area contributed by atoms with Gasteiger partial charge in [-0.1, -0.05) is 11.6 Å². The highest BCUT2D eigenvalue weighted by atomic mass is 35.5. The number of amides is 1. The van der Waals surface area contributed by atoms with Gasteiger partial charge in [-0.3, -0.25) is 9.89 Å². The Morgan fingerprint density at radius 2 is 2.25 bits per heavy atom. The number of fused-ring (bicyclic) bond motifs is 2. The van der Waals surface area contributed by atoms with Crippen LogP contribution in [0, 0.1) is 5.82 Å². The lowest BCUT2D eigenvalue weighted by atomic mass is 9.98. The fraction of sp³-hybridized carbons (Fsp3) is 0.211. The van der Waals surface area contributed by atoms with Gasteiger partial charge in [0.25, 0.3) is 5.91 Å². The van der Waals surface area contributed by atoms with E-state index in [-0.39, 0.29) is 17.0 Å². The van der Waals surface area contributed by atoms with E-state index in [1.807, 2.05) is 12.3 Å². The van der Waals surface area contributed by atoms with E-state index >= 15 is 0 Å². The number of carbonyl (C=O) groups is 1. The minimum absolute atomic E-state index is 0.0117. The molecular weight excluding hydrogens is 401 g/mol. The lowest BCUT2D eigenvalue weighted by Gasteiger charge is -2.33. The largest absolute Gasteiger partial charge is 0.350 e. The number of hydrogen-bond acceptors (Lipinski definition) is 4. The van der Waals surface area contributed by atoms with Crippen molar-refractivity contribution in [3.05, 3.63) is 56.9 Å². The topological polar surface area (TPSA) is 77.7 Å². The highest BCUT2D eigenvalue weighted by molar-refractivity contribution is 7.07. The summed E-state index contributed by atoms with van der Waals surface area (Å²) in [5, 5.41) is 10.3. The van der Waals surface area contributed by atoms with E-state index in [1.165, 1.54) is 23.5 Å². The van der Waals surface area contributed by atoms with Crippen LogP contribution in [0.4, 0.5) is 4.39 Å². The number of H-pyrrole nitrogens is 2. The molecular formula is C19H15ClFN5OS. The SMILES string of the molecule is CC1Cc2[nH]nc(-c3cscn3)c2CN1C(=O)c1cc2c(Cl)cc(F)cc2[nH]1. The zero-order valence-corrected chi connectivity index (χ0v) is 16.4. The molecule has 1 amide bonds. The maximum Gasteiger partial charge on any atom is 0.270 e. The molecule has 0 radical (unpaired) electrons. The van der Waals surface area contributed by atoms with Crippen molar-refractivity contribution in [2.75, 3.05) is 0 Å². The summed E-state index contributed by atoms with van der Waals surface area (Å²) in [6, 6.07) is 4.25. The molecule has 1 aromatic carbocycles. The third-order valence-corrected chi connectivity index (χ3v) is 6.03. The molecule has 142 valence electrons. The van der Waals surface area contributed by atoms with Gasteiger partial charge in [0.2, 0.25) is 0 Å². The van der Waals surface area contributed by atoms with Gasteiger partial charge in [0, 0.05) is 34.5 Å². The molecule has 4 aromatic rings. The van der Waals surface area contributed by atoms with Crippen molar-refractivity contribution in [1.29, 1.82) is 0 Å². The van der Waals surface area contributed by atoms with Crippen molar-refractivity contribution in [2.24, 2.45) is 0 Å². The number of rotatable bonds is 2. The Kier molecular flexibility index (Phi) is 3.99. The lowest BCUT2D eigenvalue weighted by molar-refractivity contribution is 0.0652. The second-order valence-electron chi connectivity index (χ2n) is 6.92. The second kappa shape index (κ2) is 6.42. The van der Waals surface area contributed by atoms with E-state index < -0.39 is 5.82 Å². The number of carbonyl (C=O) groups excluding carboxylic acids is 1. The van der Waals surface area contributed by atoms with Gasteiger partial charge in [-0.15, -0.1) is 11.3 Å². The van der Waals surface area contributed by atoms with Crippen molar-refractivity contribution in [3.63, 3.8) is 0 Å². The lowest BCUT2D eigenvalue weighted by Crippen LogP contribution is -2.42. The van der Waals surface area contributed by atoms with Gasteiger partial charge in [0.1, 0.15) is 22.9 Å². The number of halogens is 2. The second-order valence-corrected chi connectivity index (χ2v) is 8.05. The molecule has 0 fully saturated rings. The van der Waals surface area contributed by atoms with Crippen molar-refractivity contribution in [1.82, 2.24) is 25.1 Å². The Labute approximate surface area is 168 Å². The van der Waals surface area contributed by atoms with Crippen LogP contribution in [0.25, 0.3) is 22.3 Å². The van der Waals surface area contributed by atoms with E-state index in [0.29, 0.717) is 29.6 Å². The molecule has 2 N–H and O–H groups in total. The van der Waals surface area contributed by atoms with Gasteiger partial charge in [0.15, 0.2) is 0 Å². The smallest absolute Gasteiger partial charge is 0.270 e. The molecule has 5 rings (SSSR count). The number of aromatic amines is 2. The molecule has 1 unspecified atom stereocenters. The monoisotopic (exact) mass is 415 g/mol. The van der Waals surface area contributed by atoms with Crippen molar-refractivity contribution in [3.8, 4) is 11.4 Å². The Morgan fingerprint density at radius 3 is 3.04 bits per heavy atom. The summed E-state index contributed by atoms with van der Waals surface area (Å²) in [4.78, 5) is 22.4. The van der Waals surface area contributed by atoms with Gasteiger partial charge in [0.05, 0.1) is 22.6 Å². The van der Waals surface area contributed by atoms with Crippen molar-refractivity contribution < 1.29 is 9.18 Å². The number of thiazole rings is 1. The molecule has 1 aliphatic heterocycles. The van der Waals surface area contributed by atoms with Gasteiger partial charge < -0.3 is 9.88 Å². The average Bonchev–Trinajstić information content (AvgIpc) is 3.38. The van der Waals surface area contributed by atoms with Gasteiger partial charge >= 0.3 is 0 Å². The molecule has 0 saturated heterocycles. The maximum absolute atomic E-state index is 13.6. The van der Waals surface area contributed by atoms with Crippen LogP contribution in [0.3, 0.4) is 0 Å². The molecule has 0 bridgehead atoms. The third-order valence-electron chi connectivity index (χ3n) is 5.13. The summed E-state index contributed by atoms with van der Waals surface area (Å²) in [6.45, 7) is 2.43. The van der Waals surface area contributed by atoms with Crippen molar-refractivity contribution >= 4 is 39.7 Å². The van der Waals surface area contributed by atoms with Crippen LogP contribution in [-0.2, 0) is 13.0 Å². The van der Waals surface area contributed by atoms with E-state index in [2.05, 4.69) is 20.2 Å². The molecule has 28 heavy (non-hydrogen) atoms. The minimum Gasteiger partial charge on any atom is -0.350 e. The first-order chi connectivity index (χ1) is 13.5. The van der Waals surface area contributed by atoms with Crippen LogP contribution in [0.1, 0.15) is 28.7 Å². The van der Waals surface area contributed by atoms with Crippen LogP contribution >= 0.6 is 22.9 Å². The summed E-state index contributed by atoms with van der Waals surface area (Å²) >= 11 is 7.63. The van der Waals surface area contributed by atoms with Crippen molar-refractivity contribution in [2.45, 2.75) is 25.9 Å². The average molecular weight is 416 g/mol. The normalized spacial score (nSPS) is 16.5. The zero-order chi connectivity index (χ0) is 19.4. The molecule has 0 spiro atoms. The van der Waals surface area contributed by atoms with E-state index in [1.54, 1.807) is 16.5 Å². The predicted octanol–water partition coefficient (Wildman–Crippen LogP) is 4.39. The standard InChI is InChI=1S/C19H15ClFN5OS/c1-9-2-15-12(18(25-24-15)17-7-28-8-22-17)6-26(9)19(27)16-5-11-13(20)3-10(21)4-14(11)23-16/h3-5,7-9,23H,2,6H2,1H3,(H,24,25). The highest BCUT2D eigenvalue weighted by Crippen LogP contribution is 2.32. The quantitative estimate of drug-likeness (QED) is 0.509. The van der Waals surface area contributed by atoms with Crippen LogP contribution in [0.15, 0.2) is 29.1 Å². The fourth-order valence-corrected chi connectivity index (χ4v) is 4.51. The first kappa shape index (κ1) is 17.4. The van der Waals surface area contributed by atoms with Crippen LogP contribution in [0.2, 0.25) is 5.02 Å². The highest BCUT2D eigenvalue weighted by Gasteiger charge is 2.32. The Morgan fingerprint density at radius 1 is 1.39 bits per heavy atom. The van der Waals surface area contributed by atoms with Crippen LogP contribution in [-0.4, -0.2) is 37.0 Å². The Bertz CT molecular complexity index is 1200. The van der Waals surface area contributed by atoms with E-state index in [4.69, 9.17) is 11.6 Å². The number of aromatic nitrogens is 4. The molecule has 1 atom stereocenters. The maximum atomic E-state index is 13.6. The van der Waals surface area contributed by atoms with Gasteiger partial charge in [-0.05, 0) is 25.1 Å². The van der Waals surface area contributed by atoms with Crippen LogP contribution in [0.5, 0.6) is 0 Å². The first-order valence-corrected chi connectivity index (χ1v) is 10.1. The molecule has 6 nitrogen and oxygen atoms in total. The van der Waals surface area contributed by atoms with Crippen LogP contribution < -0.4 is 0 Å². The molecule has 0 saturated carbocycles. The van der Waals surface area contributed by atoms with E-state index in [0.717, 1.165) is 22.6 Å². The molecule has 9 heteroatoms. The van der Waals surface area contributed by atoms with Gasteiger partial charge in [-0.25, -0.2) is 9.37 Å². The summed E-state index contributed by atoms with van der Waals surface area (Å²) < 4.78 is 13.6. The summed E-state index contributed by atoms with van der Waals surface area (Å²) in [5.74, 6) is -0.600. The van der Waals surface area contributed by atoms with E-state index in [9.17, 15) is 9.18 Å². The Hall–Kier alpha value is -2.71. The molecule has 0 aliphatic carbocycles. The number of nitrogens with one attached hydrogen (secondary N) is 2. The summed E-state index contributed by atoms with van der Waals surface area (Å²) in [7, 11) is 0. The fourth-order valence-electron chi connectivity index (χ4n) is 3.72. The third kappa shape index (κ3) is 2.71. The summed E-state index contributed by atoms with van der Waals surface area (Å²) in [6.07, 6.45) is 0.674. The Balaban J connectivity index is 1.51. The summed E-state index contributed by atoms with van der Waals surface area (Å²) in [5.41, 5.74) is 6.25. The molecule has 4 heterocycles. The number of nitrogens with zero attached hydrogens (tertiary/aromatic N) is 3. The minimum atomic E-state index is -0.444. The first-order valence-electron chi connectivity index (χ1n) is 8.74. The molecule has 3 aromatic heterocycles.